The van der Waals surface area contributed by atoms with Gasteiger partial charge in [-0.15, -0.1) is 0 Å². The molecular formula is C30H39N5O3. The van der Waals surface area contributed by atoms with Crippen molar-refractivity contribution in [2.24, 2.45) is 0 Å². The number of nitrogens with two attached hydrogens (primary N) is 1. The Morgan fingerprint density at radius 3 is 2.50 bits per heavy atom. The summed E-state index contributed by atoms with van der Waals surface area (Å²) in [4.78, 5) is 17.7. The molecule has 8 nitrogen and oxygen atoms in total. The van der Waals surface area contributed by atoms with Crippen LogP contribution < -0.4 is 15.4 Å². The summed E-state index contributed by atoms with van der Waals surface area (Å²) in [6.45, 7) is 7.05. The molecule has 3 aliphatic rings. The number of ether oxygens (including phenoxy) is 2. The second kappa shape index (κ2) is 10.9. The number of H-pyrrole nitrogens is 1. The smallest absolute Gasteiger partial charge is 0.161 e. The molecule has 0 radical (unpaired) electrons. The highest BCUT2D eigenvalue weighted by Crippen LogP contribution is 2.38. The second-order valence-electron chi connectivity index (χ2n) is 11.0. The van der Waals surface area contributed by atoms with E-state index in [1.54, 1.807) is 6.92 Å². The summed E-state index contributed by atoms with van der Waals surface area (Å²) in [5.74, 6) is 1.28. The Bertz CT molecular complexity index is 1280. The number of nitrogens with zero attached hydrogens (tertiary/aromatic N) is 3. The predicted molar refractivity (Wildman–Crippen MR) is 151 cm³/mol. The molecule has 2 saturated heterocycles. The molecule has 202 valence electrons. The molecule has 0 atom stereocenters. The van der Waals surface area contributed by atoms with Crippen molar-refractivity contribution in [3.8, 4) is 16.9 Å². The van der Waals surface area contributed by atoms with Gasteiger partial charge in [0.2, 0.25) is 0 Å². The van der Waals surface area contributed by atoms with Gasteiger partial charge < -0.3 is 20.1 Å². The van der Waals surface area contributed by atoms with Gasteiger partial charge >= 0.3 is 0 Å². The number of Topliss-reactive ketones (excluding diaryl/α,β-unsaturated/α-hetero) is 1. The normalized spacial score (nSPS) is 20.2. The maximum atomic E-state index is 12.6. The lowest BCUT2D eigenvalue weighted by molar-refractivity contribution is 0.0262. The number of piperazine rings is 1. The van der Waals surface area contributed by atoms with Gasteiger partial charge in [-0.3, -0.25) is 14.8 Å². The van der Waals surface area contributed by atoms with Gasteiger partial charge in [0.15, 0.2) is 11.6 Å². The summed E-state index contributed by atoms with van der Waals surface area (Å²) in [5, 5.41) is 8.14. The summed E-state index contributed by atoms with van der Waals surface area (Å²) < 4.78 is 12.0. The van der Waals surface area contributed by atoms with Crippen LogP contribution in [0, 0.1) is 0 Å². The first-order valence-corrected chi connectivity index (χ1v) is 14.2. The van der Waals surface area contributed by atoms with Gasteiger partial charge in [0.25, 0.3) is 0 Å². The monoisotopic (exact) mass is 517 g/mol. The topological polar surface area (TPSA) is 96.7 Å². The standard InChI is InChI=1S/C30H39N5O3/c1-20(36)25-8-7-21(18-27(25)35-13-11-34(12-14-35)23-5-3-2-4-6-23)22-17-26-29(30(31)33-32-26)28(19-22)38-24-9-15-37-16-10-24/h7-8,17-19,23-24H,2-6,9-16H2,1H3,(H3,31,32,33). The number of fused-ring (bicyclic) bond motifs is 1. The maximum absolute atomic E-state index is 12.6. The van der Waals surface area contributed by atoms with Crippen LogP contribution in [-0.2, 0) is 4.74 Å². The Balaban J connectivity index is 1.30. The molecule has 0 unspecified atom stereocenters. The Morgan fingerprint density at radius 1 is 1.00 bits per heavy atom. The zero-order valence-corrected chi connectivity index (χ0v) is 22.4. The molecule has 2 aromatic carbocycles. The molecule has 1 saturated carbocycles. The number of carbonyl (C=O) groups is 1. The number of benzene rings is 2. The van der Waals surface area contributed by atoms with Gasteiger partial charge in [0, 0.05) is 56.3 Å². The van der Waals surface area contributed by atoms with Crippen molar-refractivity contribution in [1.82, 2.24) is 15.1 Å². The van der Waals surface area contributed by atoms with Crippen LogP contribution in [0.5, 0.6) is 5.75 Å². The lowest BCUT2D eigenvalue weighted by atomic mass is 9.93. The third kappa shape index (κ3) is 5.12. The quantitative estimate of drug-likeness (QED) is 0.443. The van der Waals surface area contributed by atoms with E-state index in [-0.39, 0.29) is 11.9 Å². The molecule has 2 aliphatic heterocycles. The number of rotatable bonds is 6. The van der Waals surface area contributed by atoms with E-state index in [4.69, 9.17) is 15.2 Å². The highest BCUT2D eigenvalue weighted by atomic mass is 16.5. The first-order valence-electron chi connectivity index (χ1n) is 14.2. The zero-order chi connectivity index (χ0) is 26.1. The minimum atomic E-state index is 0.0904. The fourth-order valence-electron chi connectivity index (χ4n) is 6.42. The minimum Gasteiger partial charge on any atom is -0.489 e. The molecule has 3 N–H and O–H groups in total. The number of anilines is 2. The number of hydrogen-bond acceptors (Lipinski definition) is 7. The van der Waals surface area contributed by atoms with Crippen LogP contribution in [-0.4, -0.2) is 72.4 Å². The van der Waals surface area contributed by atoms with E-state index in [0.29, 0.717) is 19.0 Å². The minimum absolute atomic E-state index is 0.0904. The largest absolute Gasteiger partial charge is 0.489 e. The third-order valence-electron chi connectivity index (χ3n) is 8.57. The summed E-state index contributed by atoms with van der Waals surface area (Å²) in [6.07, 6.45) is 8.54. The molecule has 3 aromatic rings. The molecule has 38 heavy (non-hydrogen) atoms. The van der Waals surface area contributed by atoms with Gasteiger partial charge in [-0.1, -0.05) is 25.3 Å². The van der Waals surface area contributed by atoms with E-state index < -0.39 is 0 Å². The molecule has 1 aliphatic carbocycles. The molecule has 0 spiro atoms. The summed E-state index contributed by atoms with van der Waals surface area (Å²) >= 11 is 0. The first kappa shape index (κ1) is 25.2. The van der Waals surface area contributed by atoms with Crippen LogP contribution in [0.25, 0.3) is 22.0 Å². The molecule has 8 heteroatoms. The van der Waals surface area contributed by atoms with Crippen LogP contribution >= 0.6 is 0 Å². The number of hydrogen-bond donors (Lipinski definition) is 2. The molecule has 0 bridgehead atoms. The fraction of sp³-hybridized carbons (Fsp3) is 0.533. The number of carbonyl (C=O) groups excluding carboxylic acids is 1. The van der Waals surface area contributed by atoms with Crippen molar-refractivity contribution in [3.63, 3.8) is 0 Å². The van der Waals surface area contributed by atoms with E-state index in [2.05, 4.69) is 38.2 Å². The van der Waals surface area contributed by atoms with Gasteiger partial charge in [0.05, 0.1) is 24.1 Å². The Labute approximate surface area is 224 Å². The van der Waals surface area contributed by atoms with E-state index in [1.165, 1.54) is 32.1 Å². The molecule has 6 rings (SSSR count). The van der Waals surface area contributed by atoms with Crippen LogP contribution in [0.2, 0.25) is 0 Å². The average Bonchev–Trinajstić information content (AvgIpc) is 3.34. The SMILES string of the molecule is CC(=O)c1ccc(-c2cc(OC3CCOCC3)c3c(N)n[nH]c3c2)cc1N1CCN(C2CCCCC2)CC1. The Morgan fingerprint density at radius 2 is 1.76 bits per heavy atom. The average molecular weight is 518 g/mol. The Kier molecular flexibility index (Phi) is 7.26. The fourth-order valence-corrected chi connectivity index (χ4v) is 6.42. The van der Waals surface area contributed by atoms with Crippen molar-refractivity contribution in [2.45, 2.75) is 64.0 Å². The summed E-state index contributed by atoms with van der Waals surface area (Å²) in [5.41, 5.74) is 10.9. The number of ketones is 1. The van der Waals surface area contributed by atoms with Crippen molar-refractivity contribution in [1.29, 1.82) is 0 Å². The number of aromatic amines is 1. The van der Waals surface area contributed by atoms with Crippen LogP contribution in [0.4, 0.5) is 11.5 Å². The van der Waals surface area contributed by atoms with Crippen molar-refractivity contribution < 1.29 is 14.3 Å². The van der Waals surface area contributed by atoms with Crippen molar-refractivity contribution >= 4 is 28.2 Å². The predicted octanol–water partition coefficient (Wildman–Crippen LogP) is 5.03. The summed E-state index contributed by atoms with van der Waals surface area (Å²) in [6, 6.07) is 11.1. The number of nitrogen functional groups attached to an aromatic ring is 1. The van der Waals surface area contributed by atoms with E-state index in [0.717, 1.165) is 84.1 Å². The molecule has 3 heterocycles. The molecule has 3 fully saturated rings. The second-order valence-corrected chi connectivity index (χ2v) is 11.0. The molecular weight excluding hydrogens is 478 g/mol. The maximum Gasteiger partial charge on any atom is 0.161 e. The number of nitrogens with one attached hydrogen (secondary N) is 1. The van der Waals surface area contributed by atoms with Crippen LogP contribution in [0.15, 0.2) is 30.3 Å². The summed E-state index contributed by atoms with van der Waals surface area (Å²) in [7, 11) is 0. The molecule has 1 aromatic heterocycles. The number of aromatic nitrogens is 2. The highest BCUT2D eigenvalue weighted by molar-refractivity contribution is 6.01. The molecule has 0 amide bonds. The van der Waals surface area contributed by atoms with Gasteiger partial charge in [0.1, 0.15) is 11.9 Å². The van der Waals surface area contributed by atoms with Crippen LogP contribution in [0.1, 0.15) is 62.2 Å². The zero-order valence-electron chi connectivity index (χ0n) is 22.4. The third-order valence-corrected chi connectivity index (χ3v) is 8.57. The highest BCUT2D eigenvalue weighted by Gasteiger charge is 2.27. The van der Waals surface area contributed by atoms with E-state index in [9.17, 15) is 4.79 Å². The van der Waals surface area contributed by atoms with Gasteiger partial charge in [-0.25, -0.2) is 0 Å². The van der Waals surface area contributed by atoms with Gasteiger partial charge in [-0.2, -0.15) is 5.10 Å². The Hall–Kier alpha value is -3.10. The lowest BCUT2D eigenvalue weighted by Gasteiger charge is -2.42. The van der Waals surface area contributed by atoms with Crippen molar-refractivity contribution in [3.05, 3.63) is 35.9 Å². The van der Waals surface area contributed by atoms with E-state index >= 15 is 0 Å². The van der Waals surface area contributed by atoms with E-state index in [1.807, 2.05) is 12.1 Å². The lowest BCUT2D eigenvalue weighted by Crippen LogP contribution is -2.51. The first-order chi connectivity index (χ1) is 18.6. The van der Waals surface area contributed by atoms with Crippen LogP contribution in [0.3, 0.4) is 0 Å². The van der Waals surface area contributed by atoms with Gasteiger partial charge in [-0.05, 0) is 55.2 Å². The van der Waals surface area contributed by atoms with Crippen molar-refractivity contribution in [2.75, 3.05) is 50.0 Å².